The molecule has 0 aromatic heterocycles. The lowest BCUT2D eigenvalue weighted by atomic mass is 9.88. The van der Waals surface area contributed by atoms with Crippen molar-refractivity contribution >= 4 is 0 Å². The van der Waals surface area contributed by atoms with Crippen LogP contribution in [0.25, 0.3) is 0 Å². The molecular weight excluding hydrogens is 222 g/mol. The molecule has 1 N–H and O–H groups in total. The zero-order chi connectivity index (χ0) is 12.3. The number of rotatable bonds is 1. The molecular formula is C13H14F2N2. The van der Waals surface area contributed by atoms with Crippen LogP contribution in [-0.2, 0) is 0 Å². The number of alkyl halides is 2. The van der Waals surface area contributed by atoms with E-state index in [1.54, 1.807) is 12.1 Å². The fraction of sp³-hybridized carbons (Fsp3) is 0.462. The van der Waals surface area contributed by atoms with E-state index >= 15 is 0 Å². The zero-order valence-corrected chi connectivity index (χ0v) is 9.37. The summed E-state index contributed by atoms with van der Waals surface area (Å²) >= 11 is 0. The molecule has 1 fully saturated rings. The standard InChI is InChI=1S/C13H14F2N2/c14-12-6-5-9(7-13(15)17-12)11-4-2-1-3-10(11)8-16/h1-4,9,12-13,17H,5-7H2. The monoisotopic (exact) mass is 236 g/mol. The number of nitriles is 1. The highest BCUT2D eigenvalue weighted by Gasteiger charge is 2.26. The van der Waals surface area contributed by atoms with Crippen LogP contribution in [0.2, 0.25) is 0 Å². The molecule has 1 aromatic rings. The molecule has 2 nitrogen and oxygen atoms in total. The average molecular weight is 236 g/mol. The summed E-state index contributed by atoms with van der Waals surface area (Å²) < 4.78 is 26.6. The Hall–Kier alpha value is -1.47. The van der Waals surface area contributed by atoms with Crippen LogP contribution in [0.15, 0.2) is 24.3 Å². The molecule has 1 aliphatic heterocycles. The molecule has 2 rings (SSSR count). The quantitative estimate of drug-likeness (QED) is 0.761. The largest absolute Gasteiger partial charge is 0.258 e. The summed E-state index contributed by atoms with van der Waals surface area (Å²) in [5.74, 6) is -0.0888. The highest BCUT2D eigenvalue weighted by Crippen LogP contribution is 2.32. The van der Waals surface area contributed by atoms with E-state index in [2.05, 4.69) is 11.4 Å². The van der Waals surface area contributed by atoms with Gasteiger partial charge in [0.1, 0.15) is 0 Å². The van der Waals surface area contributed by atoms with E-state index in [4.69, 9.17) is 5.26 Å². The predicted octanol–water partition coefficient (Wildman–Crippen LogP) is 3.01. The van der Waals surface area contributed by atoms with Crippen molar-refractivity contribution in [2.24, 2.45) is 0 Å². The van der Waals surface area contributed by atoms with Gasteiger partial charge in [-0.1, -0.05) is 18.2 Å². The second-order valence-electron chi connectivity index (χ2n) is 4.31. The van der Waals surface area contributed by atoms with Crippen molar-refractivity contribution in [2.45, 2.75) is 37.8 Å². The Morgan fingerprint density at radius 3 is 2.71 bits per heavy atom. The van der Waals surface area contributed by atoms with Gasteiger partial charge in [-0.2, -0.15) is 5.26 Å². The van der Waals surface area contributed by atoms with Crippen LogP contribution in [0.3, 0.4) is 0 Å². The third-order valence-electron chi connectivity index (χ3n) is 3.14. The van der Waals surface area contributed by atoms with Crippen molar-refractivity contribution in [3.05, 3.63) is 35.4 Å². The number of benzene rings is 1. The van der Waals surface area contributed by atoms with Crippen molar-refractivity contribution in [1.82, 2.24) is 5.32 Å². The molecule has 0 saturated carbocycles. The summed E-state index contributed by atoms with van der Waals surface area (Å²) in [4.78, 5) is 0. The molecule has 1 aromatic carbocycles. The van der Waals surface area contributed by atoms with Crippen LogP contribution in [0.5, 0.6) is 0 Å². The second kappa shape index (κ2) is 5.24. The summed E-state index contributed by atoms with van der Waals surface area (Å²) in [5.41, 5.74) is 1.38. The summed E-state index contributed by atoms with van der Waals surface area (Å²) in [6, 6.07) is 9.25. The van der Waals surface area contributed by atoms with Gasteiger partial charge in [0.15, 0.2) is 12.6 Å². The zero-order valence-electron chi connectivity index (χ0n) is 9.37. The highest BCUT2D eigenvalue weighted by atomic mass is 19.2. The number of halogens is 2. The van der Waals surface area contributed by atoms with Gasteiger partial charge in [-0.15, -0.1) is 0 Å². The van der Waals surface area contributed by atoms with Gasteiger partial charge in [0.2, 0.25) is 0 Å². The van der Waals surface area contributed by atoms with Gasteiger partial charge in [-0.05, 0) is 36.8 Å². The van der Waals surface area contributed by atoms with Crippen molar-refractivity contribution in [3.63, 3.8) is 0 Å². The van der Waals surface area contributed by atoms with Gasteiger partial charge in [-0.25, -0.2) is 8.78 Å². The number of nitrogens with zero attached hydrogens (tertiary/aromatic N) is 1. The van der Waals surface area contributed by atoms with Crippen LogP contribution >= 0.6 is 0 Å². The van der Waals surface area contributed by atoms with E-state index in [0.29, 0.717) is 12.0 Å². The van der Waals surface area contributed by atoms with Gasteiger partial charge in [0.05, 0.1) is 11.6 Å². The summed E-state index contributed by atoms with van der Waals surface area (Å²) in [5, 5.41) is 11.3. The minimum absolute atomic E-state index is 0.0888. The highest BCUT2D eigenvalue weighted by molar-refractivity contribution is 5.39. The molecule has 1 saturated heterocycles. The maximum atomic E-state index is 13.4. The molecule has 3 atom stereocenters. The van der Waals surface area contributed by atoms with Gasteiger partial charge < -0.3 is 0 Å². The first-order chi connectivity index (χ1) is 8.20. The summed E-state index contributed by atoms with van der Waals surface area (Å²) in [6.07, 6.45) is -1.56. The van der Waals surface area contributed by atoms with E-state index in [1.165, 1.54) is 0 Å². The average Bonchev–Trinajstić information content (AvgIpc) is 2.50. The first-order valence-electron chi connectivity index (χ1n) is 5.74. The number of nitrogens with one attached hydrogen (secondary N) is 1. The molecule has 90 valence electrons. The van der Waals surface area contributed by atoms with Gasteiger partial charge >= 0.3 is 0 Å². The molecule has 0 amide bonds. The van der Waals surface area contributed by atoms with Crippen molar-refractivity contribution in [3.8, 4) is 6.07 Å². The lowest BCUT2D eigenvalue weighted by Gasteiger charge is -2.16. The molecule has 4 heteroatoms. The number of hydrogen-bond acceptors (Lipinski definition) is 2. The van der Waals surface area contributed by atoms with E-state index < -0.39 is 12.6 Å². The van der Waals surface area contributed by atoms with Crippen molar-refractivity contribution < 1.29 is 8.78 Å². The van der Waals surface area contributed by atoms with E-state index in [9.17, 15) is 8.78 Å². The molecule has 0 radical (unpaired) electrons. The molecule has 0 spiro atoms. The second-order valence-corrected chi connectivity index (χ2v) is 4.31. The Balaban J connectivity index is 2.24. The van der Waals surface area contributed by atoms with E-state index in [1.807, 2.05) is 12.1 Å². The van der Waals surface area contributed by atoms with Gasteiger partial charge in [0, 0.05) is 0 Å². The van der Waals surface area contributed by atoms with E-state index in [0.717, 1.165) is 5.56 Å². The van der Waals surface area contributed by atoms with Gasteiger partial charge in [0.25, 0.3) is 0 Å². The number of hydrogen-bond donors (Lipinski definition) is 1. The molecule has 17 heavy (non-hydrogen) atoms. The van der Waals surface area contributed by atoms with Crippen LogP contribution < -0.4 is 5.32 Å². The Morgan fingerprint density at radius 1 is 1.18 bits per heavy atom. The predicted molar refractivity (Wildman–Crippen MR) is 60.7 cm³/mol. The molecule has 0 aliphatic carbocycles. The first kappa shape index (κ1) is 12.0. The maximum Gasteiger partial charge on any atom is 0.153 e. The van der Waals surface area contributed by atoms with Crippen molar-refractivity contribution in [2.75, 3.05) is 0 Å². The van der Waals surface area contributed by atoms with Gasteiger partial charge in [-0.3, -0.25) is 5.32 Å². The fourth-order valence-corrected chi connectivity index (χ4v) is 2.30. The Labute approximate surface area is 99.3 Å². The summed E-state index contributed by atoms with van der Waals surface area (Å²) in [6.45, 7) is 0. The Bertz CT molecular complexity index is 428. The normalized spacial score (nSPS) is 29.4. The molecule has 3 unspecified atom stereocenters. The minimum Gasteiger partial charge on any atom is -0.258 e. The van der Waals surface area contributed by atoms with Crippen LogP contribution in [-0.4, -0.2) is 12.6 Å². The van der Waals surface area contributed by atoms with Crippen molar-refractivity contribution in [1.29, 1.82) is 5.26 Å². The Morgan fingerprint density at radius 2 is 1.94 bits per heavy atom. The minimum atomic E-state index is -1.34. The smallest absolute Gasteiger partial charge is 0.153 e. The lowest BCUT2D eigenvalue weighted by molar-refractivity contribution is 0.172. The van der Waals surface area contributed by atoms with Crippen LogP contribution in [0.1, 0.15) is 36.3 Å². The topological polar surface area (TPSA) is 35.8 Å². The van der Waals surface area contributed by atoms with Crippen LogP contribution in [0.4, 0.5) is 8.78 Å². The SMILES string of the molecule is N#Cc1ccccc1C1CCC(F)NC(F)C1. The maximum absolute atomic E-state index is 13.4. The lowest BCUT2D eigenvalue weighted by Crippen LogP contribution is -2.30. The third kappa shape index (κ3) is 2.80. The summed E-state index contributed by atoms with van der Waals surface area (Å²) in [7, 11) is 0. The van der Waals surface area contributed by atoms with Crippen LogP contribution in [0, 0.1) is 11.3 Å². The molecule has 1 aliphatic rings. The third-order valence-corrected chi connectivity index (χ3v) is 3.14. The Kier molecular flexibility index (Phi) is 3.70. The molecule has 1 heterocycles. The fourth-order valence-electron chi connectivity index (χ4n) is 2.30. The van der Waals surface area contributed by atoms with E-state index in [-0.39, 0.29) is 18.8 Å². The first-order valence-corrected chi connectivity index (χ1v) is 5.74. The molecule has 0 bridgehead atoms.